The number of amides is 1. The third-order valence-electron chi connectivity index (χ3n) is 2.83. The zero-order valence-corrected chi connectivity index (χ0v) is 14.0. The van der Waals surface area contributed by atoms with Gasteiger partial charge in [0.2, 0.25) is 9.84 Å². The Bertz CT molecular complexity index is 760. The van der Waals surface area contributed by atoms with E-state index in [1.165, 1.54) is 24.3 Å². The zero-order valence-electron chi connectivity index (χ0n) is 12.4. The largest absolute Gasteiger partial charge is 0.350 e. The average molecular weight is 338 g/mol. The topological polar surface area (TPSA) is 89.3 Å². The Balaban J connectivity index is 2.20. The van der Waals surface area contributed by atoms with Gasteiger partial charge in [-0.2, -0.15) is 0 Å². The minimum Gasteiger partial charge on any atom is -0.350 e. The van der Waals surface area contributed by atoms with E-state index in [0.29, 0.717) is 11.4 Å². The van der Waals surface area contributed by atoms with Crippen molar-refractivity contribution in [3.8, 4) is 0 Å². The number of carbonyl (C=O) groups is 1. The van der Waals surface area contributed by atoms with Gasteiger partial charge in [0, 0.05) is 12.1 Å². The Kier molecular flexibility index (Phi) is 4.69. The second kappa shape index (κ2) is 6.20. The van der Waals surface area contributed by atoms with Crippen molar-refractivity contribution in [3.63, 3.8) is 0 Å². The van der Waals surface area contributed by atoms with Crippen LogP contribution in [-0.4, -0.2) is 26.4 Å². The van der Waals surface area contributed by atoms with Crippen LogP contribution in [0.25, 0.3) is 0 Å². The van der Waals surface area contributed by atoms with Crippen molar-refractivity contribution in [1.82, 2.24) is 5.32 Å². The fourth-order valence-corrected chi connectivity index (χ4v) is 4.34. The number of benzene rings is 1. The summed E-state index contributed by atoms with van der Waals surface area (Å²) in [5.41, 5.74) is 5.28. The molecule has 1 amide bonds. The summed E-state index contributed by atoms with van der Waals surface area (Å²) in [6.07, 6.45) is 0. The molecule has 3 N–H and O–H groups in total. The number of rotatable bonds is 5. The van der Waals surface area contributed by atoms with E-state index in [0.717, 1.165) is 11.3 Å². The first-order chi connectivity index (χ1) is 10.2. The van der Waals surface area contributed by atoms with E-state index in [1.807, 2.05) is 0 Å². The van der Waals surface area contributed by atoms with Crippen LogP contribution in [0.4, 0.5) is 0 Å². The minimum atomic E-state index is -3.58. The second-order valence-electron chi connectivity index (χ2n) is 5.61. The van der Waals surface area contributed by atoms with Crippen molar-refractivity contribution in [3.05, 3.63) is 47.3 Å². The molecule has 0 fully saturated rings. The molecule has 2 aromatic rings. The zero-order chi connectivity index (χ0) is 16.4. The van der Waals surface area contributed by atoms with E-state index >= 15 is 0 Å². The summed E-state index contributed by atoms with van der Waals surface area (Å²) in [5, 5.41) is 2.70. The van der Waals surface area contributed by atoms with Crippen molar-refractivity contribution >= 4 is 27.1 Å². The molecule has 0 aliphatic carbocycles. The van der Waals surface area contributed by atoms with E-state index in [9.17, 15) is 13.2 Å². The van der Waals surface area contributed by atoms with E-state index in [2.05, 4.69) is 5.32 Å². The van der Waals surface area contributed by atoms with Gasteiger partial charge in [-0.1, -0.05) is 18.2 Å². The van der Waals surface area contributed by atoms with Crippen molar-refractivity contribution in [2.45, 2.75) is 28.5 Å². The summed E-state index contributed by atoms with van der Waals surface area (Å²) in [6, 6.07) is 11.1. The van der Waals surface area contributed by atoms with Crippen molar-refractivity contribution in [2.24, 2.45) is 5.73 Å². The molecule has 0 unspecified atom stereocenters. The van der Waals surface area contributed by atoms with E-state index in [1.54, 1.807) is 32.0 Å². The lowest BCUT2D eigenvalue weighted by Crippen LogP contribution is -2.44. The number of hydrogen-bond donors (Lipinski definition) is 2. The first-order valence-electron chi connectivity index (χ1n) is 6.67. The molecular weight excluding hydrogens is 320 g/mol. The Morgan fingerprint density at radius 2 is 1.82 bits per heavy atom. The lowest BCUT2D eigenvalue weighted by Gasteiger charge is -2.18. The van der Waals surface area contributed by atoms with Crippen LogP contribution in [0.1, 0.15) is 23.5 Å². The molecule has 22 heavy (non-hydrogen) atoms. The molecular formula is C15H18N2O3S2. The number of nitrogens with one attached hydrogen (secondary N) is 1. The van der Waals surface area contributed by atoms with E-state index in [4.69, 9.17) is 5.73 Å². The highest BCUT2D eigenvalue weighted by molar-refractivity contribution is 7.93. The van der Waals surface area contributed by atoms with Gasteiger partial charge in [-0.3, -0.25) is 4.79 Å². The maximum absolute atomic E-state index is 12.4. The van der Waals surface area contributed by atoms with Gasteiger partial charge >= 0.3 is 0 Å². The Labute approximate surface area is 134 Å². The number of carbonyl (C=O) groups excluding carboxylic acids is 1. The Morgan fingerprint density at radius 1 is 1.18 bits per heavy atom. The Hall–Kier alpha value is -1.70. The summed E-state index contributed by atoms with van der Waals surface area (Å²) in [7, 11) is -3.58. The summed E-state index contributed by atoms with van der Waals surface area (Å²) in [6.45, 7) is 3.91. The Morgan fingerprint density at radius 3 is 2.41 bits per heavy atom. The lowest BCUT2D eigenvalue weighted by molar-refractivity contribution is 0.0950. The van der Waals surface area contributed by atoms with Crippen LogP contribution in [0.15, 0.2) is 51.6 Å². The first-order valence-corrected chi connectivity index (χ1v) is 8.97. The first kappa shape index (κ1) is 16.7. The monoisotopic (exact) mass is 338 g/mol. The molecule has 0 saturated heterocycles. The molecule has 1 heterocycles. The molecule has 7 heteroatoms. The number of sulfone groups is 1. The molecule has 0 spiro atoms. The molecule has 5 nitrogen and oxygen atoms in total. The van der Waals surface area contributed by atoms with Gasteiger partial charge in [-0.25, -0.2) is 8.42 Å². The SMILES string of the molecule is CC(C)(N)CNC(=O)c1ccc(S(=O)(=O)c2ccccc2)s1. The van der Waals surface area contributed by atoms with Crippen molar-refractivity contribution in [1.29, 1.82) is 0 Å². The van der Waals surface area contributed by atoms with Crippen LogP contribution in [0.2, 0.25) is 0 Å². The highest BCUT2D eigenvalue weighted by Crippen LogP contribution is 2.27. The molecule has 1 aromatic carbocycles. The highest BCUT2D eigenvalue weighted by Gasteiger charge is 2.22. The summed E-state index contributed by atoms with van der Waals surface area (Å²) in [5.74, 6) is -0.321. The lowest BCUT2D eigenvalue weighted by atomic mass is 10.1. The van der Waals surface area contributed by atoms with Crippen LogP contribution in [0, 0.1) is 0 Å². The minimum absolute atomic E-state index is 0.149. The van der Waals surface area contributed by atoms with Gasteiger partial charge in [-0.05, 0) is 38.1 Å². The predicted octanol–water partition coefficient (Wildman–Crippen LogP) is 2.05. The standard InChI is InChI=1S/C15H18N2O3S2/c1-15(2,16)10-17-14(18)12-8-9-13(21-12)22(19,20)11-6-4-3-5-7-11/h3-9H,10,16H2,1-2H3,(H,17,18). The van der Waals surface area contributed by atoms with Gasteiger partial charge in [0.25, 0.3) is 5.91 Å². The summed E-state index contributed by atoms with van der Waals surface area (Å²) >= 11 is 0.953. The molecule has 2 rings (SSSR count). The number of thiophene rings is 1. The van der Waals surface area contributed by atoms with E-state index in [-0.39, 0.29) is 15.0 Å². The fourth-order valence-electron chi connectivity index (χ4n) is 1.70. The van der Waals surface area contributed by atoms with Crippen LogP contribution in [-0.2, 0) is 9.84 Å². The molecule has 0 aliphatic heterocycles. The van der Waals surface area contributed by atoms with Gasteiger partial charge < -0.3 is 11.1 Å². The molecule has 1 aromatic heterocycles. The molecule has 0 atom stereocenters. The third-order valence-corrected chi connectivity index (χ3v) is 6.17. The number of nitrogens with two attached hydrogens (primary N) is 1. The van der Waals surface area contributed by atoms with Gasteiger partial charge in [0.05, 0.1) is 9.77 Å². The molecule has 118 valence electrons. The van der Waals surface area contributed by atoms with Gasteiger partial charge in [0.15, 0.2) is 0 Å². The second-order valence-corrected chi connectivity index (χ2v) is 8.87. The highest BCUT2D eigenvalue weighted by atomic mass is 32.2. The van der Waals surface area contributed by atoms with Crippen molar-refractivity contribution in [2.75, 3.05) is 6.54 Å². The maximum atomic E-state index is 12.4. The molecule has 0 bridgehead atoms. The van der Waals surface area contributed by atoms with Crippen LogP contribution in [0.5, 0.6) is 0 Å². The van der Waals surface area contributed by atoms with Crippen LogP contribution < -0.4 is 11.1 Å². The molecule has 0 radical (unpaired) electrons. The number of hydrogen-bond acceptors (Lipinski definition) is 5. The molecule has 0 aliphatic rings. The third kappa shape index (κ3) is 3.94. The fraction of sp³-hybridized carbons (Fsp3) is 0.267. The van der Waals surface area contributed by atoms with Crippen molar-refractivity contribution < 1.29 is 13.2 Å². The molecule has 0 saturated carbocycles. The average Bonchev–Trinajstić information content (AvgIpc) is 2.95. The maximum Gasteiger partial charge on any atom is 0.261 e. The van der Waals surface area contributed by atoms with Crippen LogP contribution in [0.3, 0.4) is 0 Å². The smallest absolute Gasteiger partial charge is 0.261 e. The summed E-state index contributed by atoms with van der Waals surface area (Å²) in [4.78, 5) is 12.6. The van der Waals surface area contributed by atoms with Gasteiger partial charge in [0.1, 0.15) is 4.21 Å². The van der Waals surface area contributed by atoms with Crippen LogP contribution >= 0.6 is 11.3 Å². The predicted molar refractivity (Wildman–Crippen MR) is 86.8 cm³/mol. The summed E-state index contributed by atoms with van der Waals surface area (Å²) < 4.78 is 25.0. The van der Waals surface area contributed by atoms with Gasteiger partial charge in [-0.15, -0.1) is 11.3 Å². The van der Waals surface area contributed by atoms with E-state index < -0.39 is 15.4 Å². The normalized spacial score (nSPS) is 12.1. The quantitative estimate of drug-likeness (QED) is 0.873.